The first-order chi connectivity index (χ1) is 8.81. The molecule has 0 atom stereocenters. The molecule has 0 aliphatic heterocycles. The lowest BCUT2D eigenvalue weighted by molar-refractivity contribution is 0.145. The van der Waals surface area contributed by atoms with Gasteiger partial charge in [-0.05, 0) is 24.8 Å². The van der Waals surface area contributed by atoms with Gasteiger partial charge in [-0.25, -0.2) is 4.98 Å². The van der Waals surface area contributed by atoms with Crippen LogP contribution in [0.2, 0.25) is 0 Å². The van der Waals surface area contributed by atoms with E-state index in [2.05, 4.69) is 29.6 Å². The minimum Gasteiger partial charge on any atom is -0.330 e. The van der Waals surface area contributed by atoms with E-state index in [-0.39, 0.29) is 0 Å². The Morgan fingerprint density at radius 2 is 2.00 bits per heavy atom. The molecule has 0 saturated heterocycles. The molecule has 1 fully saturated rings. The van der Waals surface area contributed by atoms with Gasteiger partial charge in [-0.15, -0.1) is 11.3 Å². The largest absolute Gasteiger partial charge is 0.330 e. The summed E-state index contributed by atoms with van der Waals surface area (Å²) < 4.78 is 0. The summed E-state index contributed by atoms with van der Waals surface area (Å²) in [6.07, 6.45) is 4.92. The van der Waals surface area contributed by atoms with E-state index in [0.717, 1.165) is 18.7 Å². The van der Waals surface area contributed by atoms with Gasteiger partial charge in [-0.2, -0.15) is 0 Å². The van der Waals surface area contributed by atoms with Crippen molar-refractivity contribution in [2.24, 2.45) is 11.1 Å². The number of thiazole rings is 1. The molecular formula is C15H18N2S. The number of hydrogen-bond donors (Lipinski definition) is 1. The highest BCUT2D eigenvalue weighted by molar-refractivity contribution is 7.09. The standard InChI is InChI=1S/C15H18N2S/c16-11-15(7-4-8-15)9-14-17-13(10-18-14)12-5-2-1-3-6-12/h1-3,5-6,10H,4,7-9,11,16H2. The van der Waals surface area contributed by atoms with Gasteiger partial charge in [0, 0.05) is 17.4 Å². The summed E-state index contributed by atoms with van der Waals surface area (Å²) in [5.41, 5.74) is 8.57. The second-order valence-corrected chi connectivity index (χ2v) is 6.17. The first kappa shape index (κ1) is 11.9. The summed E-state index contributed by atoms with van der Waals surface area (Å²) in [7, 11) is 0. The van der Waals surface area contributed by atoms with Crippen LogP contribution in [0.1, 0.15) is 24.3 Å². The number of aromatic nitrogens is 1. The third-order valence-electron chi connectivity index (χ3n) is 3.99. The molecule has 0 unspecified atom stereocenters. The summed E-state index contributed by atoms with van der Waals surface area (Å²) in [6.45, 7) is 0.799. The van der Waals surface area contributed by atoms with Crippen LogP contribution in [0, 0.1) is 5.41 Å². The zero-order chi connectivity index (χ0) is 12.4. The number of rotatable bonds is 4. The van der Waals surface area contributed by atoms with Crippen LogP contribution in [-0.4, -0.2) is 11.5 Å². The van der Waals surface area contributed by atoms with Crippen LogP contribution < -0.4 is 5.73 Å². The summed E-state index contributed by atoms with van der Waals surface area (Å²) in [4.78, 5) is 4.76. The maximum atomic E-state index is 5.91. The summed E-state index contributed by atoms with van der Waals surface area (Å²) >= 11 is 1.77. The molecule has 3 rings (SSSR count). The third-order valence-corrected chi connectivity index (χ3v) is 4.84. The molecule has 1 aliphatic carbocycles. The lowest BCUT2D eigenvalue weighted by Gasteiger charge is -2.40. The molecule has 1 aromatic heterocycles. The zero-order valence-corrected chi connectivity index (χ0v) is 11.2. The van der Waals surface area contributed by atoms with E-state index in [4.69, 9.17) is 10.7 Å². The molecule has 18 heavy (non-hydrogen) atoms. The monoisotopic (exact) mass is 258 g/mol. The van der Waals surface area contributed by atoms with Crippen molar-refractivity contribution < 1.29 is 0 Å². The van der Waals surface area contributed by atoms with E-state index >= 15 is 0 Å². The van der Waals surface area contributed by atoms with Crippen LogP contribution in [0.3, 0.4) is 0 Å². The molecule has 1 saturated carbocycles. The lowest BCUT2D eigenvalue weighted by atomic mass is 9.67. The molecule has 0 radical (unpaired) electrons. The summed E-state index contributed by atoms with van der Waals surface area (Å²) in [6, 6.07) is 10.4. The van der Waals surface area contributed by atoms with E-state index in [9.17, 15) is 0 Å². The fourth-order valence-electron chi connectivity index (χ4n) is 2.58. The van der Waals surface area contributed by atoms with Gasteiger partial charge in [-0.3, -0.25) is 0 Å². The summed E-state index contributed by atoms with van der Waals surface area (Å²) in [5, 5.41) is 3.40. The van der Waals surface area contributed by atoms with Crippen molar-refractivity contribution in [1.29, 1.82) is 0 Å². The molecule has 1 aliphatic rings. The first-order valence-electron chi connectivity index (χ1n) is 6.51. The van der Waals surface area contributed by atoms with Gasteiger partial charge in [0.15, 0.2) is 0 Å². The van der Waals surface area contributed by atoms with Gasteiger partial charge < -0.3 is 5.73 Å². The Hall–Kier alpha value is -1.19. The normalized spacial score (nSPS) is 17.4. The third kappa shape index (κ3) is 2.20. The smallest absolute Gasteiger partial charge is 0.0938 e. The number of nitrogens with zero attached hydrogens (tertiary/aromatic N) is 1. The predicted octanol–water partition coefficient (Wildman–Crippen LogP) is 3.48. The van der Waals surface area contributed by atoms with Crippen molar-refractivity contribution in [3.8, 4) is 11.3 Å². The van der Waals surface area contributed by atoms with Crippen molar-refractivity contribution in [1.82, 2.24) is 4.98 Å². The highest BCUT2D eigenvalue weighted by Crippen LogP contribution is 2.43. The fourth-order valence-corrected chi connectivity index (χ4v) is 3.56. The Morgan fingerprint density at radius 3 is 2.61 bits per heavy atom. The van der Waals surface area contributed by atoms with Crippen LogP contribution in [0.25, 0.3) is 11.3 Å². The molecule has 3 heteroatoms. The molecular weight excluding hydrogens is 240 g/mol. The van der Waals surface area contributed by atoms with Crippen LogP contribution in [0.4, 0.5) is 0 Å². The van der Waals surface area contributed by atoms with Gasteiger partial charge in [0.2, 0.25) is 0 Å². The average Bonchev–Trinajstić information content (AvgIpc) is 2.83. The zero-order valence-electron chi connectivity index (χ0n) is 10.4. The van der Waals surface area contributed by atoms with E-state index in [1.54, 1.807) is 11.3 Å². The molecule has 1 heterocycles. The van der Waals surface area contributed by atoms with Crippen LogP contribution in [0.5, 0.6) is 0 Å². The molecule has 0 amide bonds. The number of nitrogens with two attached hydrogens (primary N) is 1. The quantitative estimate of drug-likeness (QED) is 0.912. The molecule has 2 aromatic rings. The van der Waals surface area contributed by atoms with Crippen molar-refractivity contribution >= 4 is 11.3 Å². The van der Waals surface area contributed by atoms with Crippen LogP contribution >= 0.6 is 11.3 Å². The maximum Gasteiger partial charge on any atom is 0.0938 e. The summed E-state index contributed by atoms with van der Waals surface area (Å²) in [5.74, 6) is 0. The predicted molar refractivity (Wildman–Crippen MR) is 76.6 cm³/mol. The van der Waals surface area contributed by atoms with E-state index < -0.39 is 0 Å². The van der Waals surface area contributed by atoms with Crippen LogP contribution in [0.15, 0.2) is 35.7 Å². The fraction of sp³-hybridized carbons (Fsp3) is 0.400. The van der Waals surface area contributed by atoms with E-state index in [0.29, 0.717) is 5.41 Å². The number of benzene rings is 1. The van der Waals surface area contributed by atoms with Crippen molar-refractivity contribution in [3.05, 3.63) is 40.7 Å². The Balaban J connectivity index is 1.78. The Morgan fingerprint density at radius 1 is 1.22 bits per heavy atom. The second kappa shape index (κ2) is 4.82. The van der Waals surface area contributed by atoms with Crippen molar-refractivity contribution in [3.63, 3.8) is 0 Å². The lowest BCUT2D eigenvalue weighted by Crippen LogP contribution is -2.39. The highest BCUT2D eigenvalue weighted by atomic mass is 32.1. The Labute approximate surface area is 112 Å². The van der Waals surface area contributed by atoms with Crippen LogP contribution in [-0.2, 0) is 6.42 Å². The van der Waals surface area contributed by atoms with E-state index in [1.165, 1.54) is 29.8 Å². The second-order valence-electron chi connectivity index (χ2n) is 5.23. The number of hydrogen-bond acceptors (Lipinski definition) is 3. The highest BCUT2D eigenvalue weighted by Gasteiger charge is 2.36. The molecule has 0 spiro atoms. The van der Waals surface area contributed by atoms with Gasteiger partial charge in [0.25, 0.3) is 0 Å². The molecule has 0 bridgehead atoms. The van der Waals surface area contributed by atoms with Crippen molar-refractivity contribution in [2.45, 2.75) is 25.7 Å². The minimum atomic E-state index is 0.353. The Bertz CT molecular complexity index is 509. The minimum absolute atomic E-state index is 0.353. The van der Waals surface area contributed by atoms with E-state index in [1.807, 2.05) is 6.07 Å². The van der Waals surface area contributed by atoms with Gasteiger partial charge >= 0.3 is 0 Å². The molecule has 2 N–H and O–H groups in total. The Kier molecular flexibility index (Phi) is 3.18. The van der Waals surface area contributed by atoms with Gasteiger partial charge in [-0.1, -0.05) is 36.8 Å². The molecule has 1 aromatic carbocycles. The van der Waals surface area contributed by atoms with Gasteiger partial charge in [0.1, 0.15) is 0 Å². The SMILES string of the molecule is NCC1(Cc2nc(-c3ccccc3)cs2)CCC1. The maximum absolute atomic E-state index is 5.91. The molecule has 2 nitrogen and oxygen atoms in total. The first-order valence-corrected chi connectivity index (χ1v) is 7.39. The molecule has 94 valence electrons. The average molecular weight is 258 g/mol. The van der Waals surface area contributed by atoms with Crippen molar-refractivity contribution in [2.75, 3.05) is 6.54 Å². The topological polar surface area (TPSA) is 38.9 Å². The van der Waals surface area contributed by atoms with Gasteiger partial charge in [0.05, 0.1) is 10.7 Å².